The molecule has 78 valence electrons. The number of rotatable bonds is 3. The largest absolute Gasteiger partial charge is 0.322 e. The van der Waals surface area contributed by atoms with Crippen molar-refractivity contribution in [3.8, 4) is 0 Å². The molecule has 0 radical (unpaired) electrons. The first kappa shape index (κ1) is 10.1. The van der Waals surface area contributed by atoms with Gasteiger partial charge in [-0.25, -0.2) is 0 Å². The predicted octanol–water partition coefficient (Wildman–Crippen LogP) is 2.46. The van der Waals surface area contributed by atoms with E-state index in [9.17, 15) is 0 Å². The summed E-state index contributed by atoms with van der Waals surface area (Å²) in [6.45, 7) is 4.24. The highest BCUT2D eigenvalue weighted by Crippen LogP contribution is 2.38. The molecule has 0 aliphatic heterocycles. The van der Waals surface area contributed by atoms with Crippen LogP contribution in [0.2, 0.25) is 0 Å². The molecule has 1 aliphatic rings. The maximum absolute atomic E-state index is 6.02. The average molecular weight is 211 g/mol. The summed E-state index contributed by atoms with van der Waals surface area (Å²) in [5, 5.41) is 10.6. The summed E-state index contributed by atoms with van der Waals surface area (Å²) in [6, 6.07) is 0.0568. The summed E-state index contributed by atoms with van der Waals surface area (Å²) in [7, 11) is 0. The van der Waals surface area contributed by atoms with Gasteiger partial charge >= 0.3 is 0 Å². The van der Waals surface area contributed by atoms with Gasteiger partial charge in [0.15, 0.2) is 0 Å². The van der Waals surface area contributed by atoms with E-state index in [0.717, 1.165) is 5.01 Å². The van der Waals surface area contributed by atoms with Gasteiger partial charge in [0.2, 0.25) is 0 Å². The van der Waals surface area contributed by atoms with Crippen LogP contribution in [0.15, 0.2) is 0 Å². The third-order valence-corrected chi connectivity index (χ3v) is 4.10. The van der Waals surface area contributed by atoms with Crippen LogP contribution in [0.1, 0.15) is 55.1 Å². The number of nitrogens with zero attached hydrogens (tertiary/aromatic N) is 2. The first-order chi connectivity index (χ1) is 6.68. The minimum Gasteiger partial charge on any atom is -0.322 e. The molecule has 0 aromatic carbocycles. The molecular formula is C10H17N3S. The fourth-order valence-electron chi connectivity index (χ4n) is 1.49. The van der Waals surface area contributed by atoms with Crippen molar-refractivity contribution in [3.63, 3.8) is 0 Å². The van der Waals surface area contributed by atoms with Crippen molar-refractivity contribution in [1.82, 2.24) is 10.2 Å². The van der Waals surface area contributed by atoms with Crippen molar-refractivity contribution < 1.29 is 0 Å². The van der Waals surface area contributed by atoms with E-state index in [1.165, 1.54) is 24.3 Å². The smallest absolute Gasteiger partial charge is 0.134 e. The monoisotopic (exact) mass is 211 g/mol. The Balaban J connectivity index is 2.08. The van der Waals surface area contributed by atoms with Crippen LogP contribution in [0.4, 0.5) is 0 Å². The van der Waals surface area contributed by atoms with Crippen molar-refractivity contribution in [1.29, 1.82) is 0 Å². The van der Waals surface area contributed by atoms with Gasteiger partial charge in [-0.15, -0.1) is 10.2 Å². The van der Waals surface area contributed by atoms with Crippen LogP contribution >= 0.6 is 11.3 Å². The Kier molecular flexibility index (Phi) is 2.83. The first-order valence-corrected chi connectivity index (χ1v) is 6.09. The lowest BCUT2D eigenvalue weighted by molar-refractivity contribution is 0.416. The molecule has 14 heavy (non-hydrogen) atoms. The summed E-state index contributed by atoms with van der Waals surface area (Å²) in [5.74, 6) is 1.12. The second-order valence-corrected chi connectivity index (χ2v) is 5.42. The Hall–Kier alpha value is -0.480. The normalized spacial score (nSPS) is 19.7. The Morgan fingerprint density at radius 1 is 1.36 bits per heavy atom. The van der Waals surface area contributed by atoms with Crippen LogP contribution in [-0.4, -0.2) is 10.2 Å². The Labute approximate surface area is 88.7 Å². The van der Waals surface area contributed by atoms with Crippen LogP contribution < -0.4 is 5.73 Å². The molecule has 1 saturated carbocycles. The van der Waals surface area contributed by atoms with Gasteiger partial charge in [0.25, 0.3) is 0 Å². The van der Waals surface area contributed by atoms with Crippen molar-refractivity contribution in [2.24, 2.45) is 11.7 Å². The zero-order valence-electron chi connectivity index (χ0n) is 8.73. The Morgan fingerprint density at radius 3 is 2.57 bits per heavy atom. The molecular weight excluding hydrogens is 194 g/mol. The highest BCUT2D eigenvalue weighted by Gasteiger charge is 2.25. The second kappa shape index (κ2) is 3.95. The zero-order chi connectivity index (χ0) is 10.1. The zero-order valence-corrected chi connectivity index (χ0v) is 9.55. The molecule has 4 heteroatoms. The van der Waals surface area contributed by atoms with Crippen molar-refractivity contribution in [3.05, 3.63) is 10.0 Å². The summed E-state index contributed by atoms with van der Waals surface area (Å²) >= 11 is 1.71. The quantitative estimate of drug-likeness (QED) is 0.835. The molecule has 2 rings (SSSR count). The van der Waals surface area contributed by atoms with Crippen molar-refractivity contribution >= 4 is 11.3 Å². The summed E-state index contributed by atoms with van der Waals surface area (Å²) in [4.78, 5) is 0. The molecule has 1 unspecified atom stereocenters. The maximum atomic E-state index is 6.02. The summed E-state index contributed by atoms with van der Waals surface area (Å²) < 4.78 is 0. The molecule has 1 aromatic rings. The molecule has 1 fully saturated rings. The molecule has 0 amide bonds. The molecule has 1 aliphatic carbocycles. The van der Waals surface area contributed by atoms with Crippen LogP contribution in [0.3, 0.4) is 0 Å². The summed E-state index contributed by atoms with van der Waals surface area (Å²) in [6.07, 6.45) is 3.91. The second-order valence-electron chi connectivity index (χ2n) is 4.38. The van der Waals surface area contributed by atoms with Gasteiger partial charge in [-0.05, 0) is 18.8 Å². The molecule has 0 spiro atoms. The first-order valence-electron chi connectivity index (χ1n) is 5.27. The highest BCUT2D eigenvalue weighted by atomic mass is 32.1. The lowest BCUT2D eigenvalue weighted by Gasteiger charge is -2.21. The fraction of sp³-hybridized carbons (Fsp3) is 0.800. The van der Waals surface area contributed by atoms with Crippen LogP contribution in [0, 0.1) is 5.92 Å². The topological polar surface area (TPSA) is 51.8 Å². The molecule has 3 nitrogen and oxygen atoms in total. The Bertz CT molecular complexity index is 304. The van der Waals surface area contributed by atoms with Crippen LogP contribution in [-0.2, 0) is 0 Å². The molecule has 0 bridgehead atoms. The van der Waals surface area contributed by atoms with Crippen molar-refractivity contribution in [2.45, 2.75) is 45.1 Å². The SMILES string of the molecule is CC(C)C(N)c1nnc(C2CCC2)s1. The van der Waals surface area contributed by atoms with Gasteiger partial charge in [-0.2, -0.15) is 0 Å². The minimum atomic E-state index is 0.0568. The number of aromatic nitrogens is 2. The van der Waals surface area contributed by atoms with E-state index in [0.29, 0.717) is 11.8 Å². The van der Waals surface area contributed by atoms with Gasteiger partial charge in [0, 0.05) is 5.92 Å². The minimum absolute atomic E-state index is 0.0568. The molecule has 1 heterocycles. The summed E-state index contributed by atoms with van der Waals surface area (Å²) in [5.41, 5.74) is 6.02. The van der Waals surface area contributed by atoms with Crippen LogP contribution in [0.25, 0.3) is 0 Å². The molecule has 2 N–H and O–H groups in total. The molecule has 1 aromatic heterocycles. The number of hydrogen-bond donors (Lipinski definition) is 1. The van der Waals surface area contributed by atoms with Crippen LogP contribution in [0.5, 0.6) is 0 Å². The van der Waals surface area contributed by atoms with Gasteiger partial charge < -0.3 is 5.73 Å². The van der Waals surface area contributed by atoms with Gasteiger partial charge in [0.05, 0.1) is 6.04 Å². The lowest BCUT2D eigenvalue weighted by atomic mass is 9.86. The standard InChI is InChI=1S/C10H17N3S/c1-6(2)8(11)10-13-12-9(14-10)7-4-3-5-7/h6-8H,3-5,11H2,1-2H3. The van der Waals surface area contributed by atoms with Gasteiger partial charge in [-0.3, -0.25) is 0 Å². The lowest BCUT2D eigenvalue weighted by Crippen LogP contribution is -2.16. The molecule has 0 saturated heterocycles. The number of nitrogens with two attached hydrogens (primary N) is 1. The maximum Gasteiger partial charge on any atom is 0.134 e. The van der Waals surface area contributed by atoms with Gasteiger partial charge in [0.1, 0.15) is 10.0 Å². The third-order valence-electron chi connectivity index (χ3n) is 2.91. The van der Waals surface area contributed by atoms with E-state index in [-0.39, 0.29) is 6.04 Å². The average Bonchev–Trinajstić information content (AvgIpc) is 2.48. The van der Waals surface area contributed by atoms with E-state index < -0.39 is 0 Å². The Morgan fingerprint density at radius 2 is 2.07 bits per heavy atom. The fourth-order valence-corrected chi connectivity index (χ4v) is 2.67. The van der Waals surface area contributed by atoms with Crippen molar-refractivity contribution in [2.75, 3.05) is 0 Å². The molecule has 1 atom stereocenters. The van der Waals surface area contributed by atoms with E-state index in [2.05, 4.69) is 24.0 Å². The predicted molar refractivity (Wildman–Crippen MR) is 58.3 cm³/mol. The third kappa shape index (κ3) is 1.81. The van der Waals surface area contributed by atoms with E-state index in [4.69, 9.17) is 5.73 Å². The van der Waals surface area contributed by atoms with Gasteiger partial charge in [-0.1, -0.05) is 31.6 Å². The highest BCUT2D eigenvalue weighted by molar-refractivity contribution is 7.11. The van der Waals surface area contributed by atoms with E-state index in [1.54, 1.807) is 11.3 Å². The number of hydrogen-bond acceptors (Lipinski definition) is 4. The van der Waals surface area contributed by atoms with E-state index >= 15 is 0 Å². The van der Waals surface area contributed by atoms with E-state index in [1.807, 2.05) is 0 Å².